The van der Waals surface area contributed by atoms with Gasteiger partial charge in [0.2, 0.25) is 5.91 Å². The van der Waals surface area contributed by atoms with Crippen molar-refractivity contribution in [3.63, 3.8) is 0 Å². The topological polar surface area (TPSA) is 55.6 Å². The Kier molecular flexibility index (Phi) is 9.93. The van der Waals surface area contributed by atoms with E-state index in [9.17, 15) is 13.6 Å². The van der Waals surface area contributed by atoms with Gasteiger partial charge in [-0.1, -0.05) is 6.07 Å². The number of benzene rings is 1. The molecule has 0 radical (unpaired) electrons. The Labute approximate surface area is 154 Å². The maximum atomic E-state index is 13.1. The summed E-state index contributed by atoms with van der Waals surface area (Å²) in [7, 11) is 0. The normalized spacial score (nSPS) is 15.1. The van der Waals surface area contributed by atoms with E-state index in [1.54, 1.807) is 6.07 Å². The molecule has 4 nitrogen and oxygen atoms in total. The van der Waals surface area contributed by atoms with Gasteiger partial charge < -0.3 is 15.4 Å². The molecule has 142 valence electrons. The molecule has 2 N–H and O–H groups in total. The third kappa shape index (κ3) is 7.26. The Morgan fingerprint density at radius 2 is 1.92 bits per heavy atom. The van der Waals surface area contributed by atoms with E-state index in [-0.39, 0.29) is 24.4 Å². The molecule has 1 aromatic carbocycles. The molecular formula is C18H27ClF2N2O2. The first-order chi connectivity index (χ1) is 11.6. The minimum absolute atomic E-state index is 0. The van der Waals surface area contributed by atoms with Crippen molar-refractivity contribution < 1.29 is 18.3 Å². The lowest BCUT2D eigenvalue weighted by molar-refractivity contribution is -0.133. The van der Waals surface area contributed by atoms with E-state index in [2.05, 4.69) is 0 Å². The number of carbonyl (C=O) groups excluding carboxylic acids is 1. The van der Waals surface area contributed by atoms with Crippen molar-refractivity contribution in [1.82, 2.24) is 4.90 Å². The van der Waals surface area contributed by atoms with Crippen molar-refractivity contribution >= 4 is 18.3 Å². The van der Waals surface area contributed by atoms with Crippen LogP contribution in [0.15, 0.2) is 18.2 Å². The first-order valence-corrected chi connectivity index (χ1v) is 8.63. The molecule has 2 rings (SSSR count). The van der Waals surface area contributed by atoms with E-state index in [1.807, 2.05) is 4.90 Å². The first-order valence-electron chi connectivity index (χ1n) is 8.63. The van der Waals surface area contributed by atoms with Crippen molar-refractivity contribution in [3.8, 4) is 0 Å². The number of nitrogens with two attached hydrogens (primary N) is 1. The minimum atomic E-state index is -0.841. The second-order valence-corrected chi connectivity index (χ2v) is 6.20. The predicted molar refractivity (Wildman–Crippen MR) is 95.8 cm³/mol. The average Bonchev–Trinajstić information content (AvgIpc) is 2.59. The fraction of sp³-hybridized carbons (Fsp3) is 0.611. The largest absolute Gasteiger partial charge is 0.378 e. The lowest BCUT2D eigenvalue weighted by atomic mass is 10.0. The summed E-state index contributed by atoms with van der Waals surface area (Å²) in [4.78, 5) is 14.1. The van der Waals surface area contributed by atoms with Gasteiger partial charge >= 0.3 is 0 Å². The number of hydrogen-bond acceptors (Lipinski definition) is 3. The molecule has 1 amide bonds. The van der Waals surface area contributed by atoms with Crippen LogP contribution in [0.3, 0.4) is 0 Å². The highest BCUT2D eigenvalue weighted by Gasteiger charge is 2.22. The van der Waals surface area contributed by atoms with Crippen molar-refractivity contribution in [2.24, 2.45) is 5.73 Å². The number of rotatable bonds is 8. The maximum Gasteiger partial charge on any atom is 0.222 e. The molecule has 0 unspecified atom stereocenters. The zero-order valence-corrected chi connectivity index (χ0v) is 15.2. The van der Waals surface area contributed by atoms with Crippen LogP contribution in [0.4, 0.5) is 8.78 Å². The van der Waals surface area contributed by atoms with Crippen LogP contribution in [-0.4, -0.2) is 43.2 Å². The number of nitrogens with zero attached hydrogens (tertiary/aromatic N) is 1. The van der Waals surface area contributed by atoms with Gasteiger partial charge in [-0.15, -0.1) is 12.4 Å². The summed E-state index contributed by atoms with van der Waals surface area (Å²) in [6, 6.07) is 3.89. The summed E-state index contributed by atoms with van der Waals surface area (Å²) in [6.07, 6.45) is 4.45. The van der Waals surface area contributed by atoms with Gasteiger partial charge in [0.1, 0.15) is 0 Å². The number of amides is 1. The number of aryl methyl sites for hydroxylation is 1. The summed E-state index contributed by atoms with van der Waals surface area (Å²) in [6.45, 7) is 2.76. The molecule has 1 aromatic rings. The quantitative estimate of drug-likeness (QED) is 0.709. The Bertz CT molecular complexity index is 538. The van der Waals surface area contributed by atoms with Gasteiger partial charge in [-0.2, -0.15) is 0 Å². The number of hydrogen-bond donors (Lipinski definition) is 1. The number of halogens is 3. The lowest BCUT2D eigenvalue weighted by Gasteiger charge is -2.32. The van der Waals surface area contributed by atoms with E-state index < -0.39 is 11.6 Å². The maximum absolute atomic E-state index is 13.1. The fourth-order valence-corrected chi connectivity index (χ4v) is 2.90. The third-order valence-electron chi connectivity index (χ3n) is 4.34. The number of ether oxygens (including phenoxy) is 1. The van der Waals surface area contributed by atoms with Gasteiger partial charge in [-0.3, -0.25) is 4.79 Å². The van der Waals surface area contributed by atoms with Crippen LogP contribution < -0.4 is 5.73 Å². The minimum Gasteiger partial charge on any atom is -0.378 e. The monoisotopic (exact) mass is 376 g/mol. The van der Waals surface area contributed by atoms with Crippen molar-refractivity contribution in [1.29, 1.82) is 0 Å². The molecule has 0 spiro atoms. The van der Waals surface area contributed by atoms with Crippen LogP contribution in [0.1, 0.15) is 37.7 Å². The van der Waals surface area contributed by atoms with Crippen LogP contribution in [0, 0.1) is 11.6 Å². The van der Waals surface area contributed by atoms with E-state index in [0.717, 1.165) is 38.4 Å². The summed E-state index contributed by atoms with van der Waals surface area (Å²) in [5.74, 6) is -1.56. The molecule has 1 saturated heterocycles. The van der Waals surface area contributed by atoms with Crippen LogP contribution in [-0.2, 0) is 16.0 Å². The molecule has 1 aliphatic heterocycles. The van der Waals surface area contributed by atoms with Gasteiger partial charge in [0.25, 0.3) is 0 Å². The molecule has 1 aliphatic rings. The molecule has 25 heavy (non-hydrogen) atoms. The Hall–Kier alpha value is -1.24. The van der Waals surface area contributed by atoms with Gasteiger partial charge in [-0.25, -0.2) is 8.78 Å². The van der Waals surface area contributed by atoms with Gasteiger partial charge in [-0.05, 0) is 56.3 Å². The van der Waals surface area contributed by atoms with Gasteiger partial charge in [0, 0.05) is 26.1 Å². The molecule has 0 aromatic heterocycles. The summed E-state index contributed by atoms with van der Waals surface area (Å²) < 4.78 is 31.7. The van der Waals surface area contributed by atoms with Crippen LogP contribution in [0.25, 0.3) is 0 Å². The summed E-state index contributed by atoms with van der Waals surface area (Å²) >= 11 is 0. The smallest absolute Gasteiger partial charge is 0.222 e. The van der Waals surface area contributed by atoms with E-state index in [4.69, 9.17) is 10.5 Å². The highest BCUT2D eigenvalue weighted by Crippen LogP contribution is 2.16. The lowest BCUT2D eigenvalue weighted by Crippen LogP contribution is -2.41. The second kappa shape index (κ2) is 11.4. The zero-order valence-electron chi connectivity index (χ0n) is 14.4. The Morgan fingerprint density at radius 3 is 2.56 bits per heavy atom. The SMILES string of the molecule is Cl.NCCCOC1CCN(C(=O)CCCc2ccc(F)c(F)c2)CC1. The van der Waals surface area contributed by atoms with Gasteiger partial charge in [0.15, 0.2) is 11.6 Å². The van der Waals surface area contributed by atoms with Crippen molar-refractivity contribution in [2.75, 3.05) is 26.2 Å². The van der Waals surface area contributed by atoms with Crippen LogP contribution in [0.5, 0.6) is 0 Å². The van der Waals surface area contributed by atoms with E-state index in [1.165, 1.54) is 6.07 Å². The van der Waals surface area contributed by atoms with Crippen LogP contribution >= 0.6 is 12.4 Å². The fourth-order valence-electron chi connectivity index (χ4n) is 2.90. The Balaban J connectivity index is 0.00000312. The van der Waals surface area contributed by atoms with Crippen molar-refractivity contribution in [2.45, 2.75) is 44.6 Å². The Morgan fingerprint density at radius 1 is 1.20 bits per heavy atom. The number of likely N-dealkylation sites (tertiary alicyclic amines) is 1. The summed E-state index contributed by atoms with van der Waals surface area (Å²) in [5.41, 5.74) is 6.15. The highest BCUT2D eigenvalue weighted by atomic mass is 35.5. The molecular weight excluding hydrogens is 350 g/mol. The van der Waals surface area contributed by atoms with Crippen LogP contribution in [0.2, 0.25) is 0 Å². The molecule has 1 fully saturated rings. The molecule has 0 saturated carbocycles. The second-order valence-electron chi connectivity index (χ2n) is 6.20. The molecule has 0 aliphatic carbocycles. The zero-order chi connectivity index (χ0) is 17.4. The standard InChI is InChI=1S/C18H26F2N2O2.ClH/c19-16-6-5-14(13-17(16)20)3-1-4-18(23)22-10-7-15(8-11-22)24-12-2-9-21;/h5-6,13,15H,1-4,7-12,21H2;1H. The van der Waals surface area contributed by atoms with E-state index in [0.29, 0.717) is 38.0 Å². The average molecular weight is 377 g/mol. The molecule has 0 bridgehead atoms. The number of carbonyl (C=O) groups is 1. The van der Waals surface area contributed by atoms with E-state index >= 15 is 0 Å². The first kappa shape index (κ1) is 21.8. The highest BCUT2D eigenvalue weighted by molar-refractivity contribution is 5.85. The summed E-state index contributed by atoms with van der Waals surface area (Å²) in [5, 5.41) is 0. The molecule has 0 atom stereocenters. The van der Waals surface area contributed by atoms with Gasteiger partial charge in [0.05, 0.1) is 6.10 Å². The van der Waals surface area contributed by atoms with Crippen molar-refractivity contribution in [3.05, 3.63) is 35.4 Å². The third-order valence-corrected chi connectivity index (χ3v) is 4.34. The number of piperidine rings is 1. The molecule has 7 heteroatoms. The molecule has 1 heterocycles. The predicted octanol–water partition coefficient (Wildman–Crippen LogP) is 3.07.